The maximum Gasteiger partial charge on any atom is 0.325 e. The average molecular weight is 322 g/mol. The first-order valence-corrected chi connectivity index (χ1v) is 7.66. The third-order valence-corrected chi connectivity index (χ3v) is 4.04. The zero-order valence-electron chi connectivity index (χ0n) is 13.6. The van der Waals surface area contributed by atoms with Crippen molar-refractivity contribution in [3.63, 3.8) is 0 Å². The molecule has 8 nitrogen and oxygen atoms in total. The molecule has 3 N–H and O–H groups in total. The number of likely N-dealkylation sites (tertiary alicyclic amines) is 1. The van der Waals surface area contributed by atoms with Crippen molar-refractivity contribution in [2.45, 2.75) is 39.7 Å². The first-order valence-electron chi connectivity index (χ1n) is 7.66. The lowest BCUT2D eigenvalue weighted by molar-refractivity contribution is -0.129. The van der Waals surface area contributed by atoms with Gasteiger partial charge in [-0.25, -0.2) is 4.79 Å². The Kier molecular flexibility index (Phi) is 5.02. The zero-order valence-corrected chi connectivity index (χ0v) is 13.6. The Hall–Kier alpha value is -2.38. The fourth-order valence-electron chi connectivity index (χ4n) is 2.76. The molecule has 0 aromatic carbocycles. The first kappa shape index (κ1) is 17.0. The molecule has 1 aliphatic heterocycles. The van der Waals surface area contributed by atoms with Crippen molar-refractivity contribution in [2.75, 3.05) is 13.1 Å². The van der Waals surface area contributed by atoms with Crippen LogP contribution in [0.1, 0.15) is 31.5 Å². The maximum atomic E-state index is 12.0. The third kappa shape index (κ3) is 4.08. The van der Waals surface area contributed by atoms with Crippen molar-refractivity contribution in [2.24, 2.45) is 5.92 Å². The van der Waals surface area contributed by atoms with Gasteiger partial charge in [0.05, 0.1) is 6.42 Å². The molecule has 0 radical (unpaired) electrons. The Labute approximate surface area is 133 Å². The van der Waals surface area contributed by atoms with Crippen LogP contribution in [0.5, 0.6) is 0 Å². The number of aryl methyl sites for hydroxylation is 1. The lowest BCUT2D eigenvalue weighted by Crippen LogP contribution is -2.36. The summed E-state index contributed by atoms with van der Waals surface area (Å²) in [7, 11) is 0. The molecule has 1 unspecified atom stereocenters. The summed E-state index contributed by atoms with van der Waals surface area (Å²) in [6, 6.07) is 0.158. The number of carbonyl (C=O) groups is 2. The molecule has 126 valence electrons. The van der Waals surface area contributed by atoms with Gasteiger partial charge in [-0.05, 0) is 20.8 Å². The normalized spacial score (nSPS) is 17.8. The van der Waals surface area contributed by atoms with Gasteiger partial charge in [0.2, 0.25) is 11.8 Å². The van der Waals surface area contributed by atoms with Crippen molar-refractivity contribution in [3.05, 3.63) is 32.1 Å². The number of nitrogens with one attached hydrogen (secondary N) is 3. The first-order chi connectivity index (χ1) is 10.8. The standard InChI is InChI=1S/C15H22N4O4/c1-8(2)19-7-10(4-13(19)21)6-16-12(20)5-11-9(3)17-15(23)18-14(11)22/h8,10H,4-7H2,1-3H3,(H,16,20)(H2,17,18,22,23). The van der Waals surface area contributed by atoms with Crippen molar-refractivity contribution < 1.29 is 9.59 Å². The lowest BCUT2D eigenvalue weighted by Gasteiger charge is -2.21. The highest BCUT2D eigenvalue weighted by Gasteiger charge is 2.31. The molecular formula is C15H22N4O4. The predicted molar refractivity (Wildman–Crippen MR) is 84.1 cm³/mol. The maximum absolute atomic E-state index is 12.0. The van der Waals surface area contributed by atoms with E-state index < -0.39 is 11.2 Å². The van der Waals surface area contributed by atoms with Gasteiger partial charge in [0, 0.05) is 42.7 Å². The molecule has 0 saturated carbocycles. The Morgan fingerprint density at radius 2 is 2.00 bits per heavy atom. The van der Waals surface area contributed by atoms with Crippen molar-refractivity contribution in [3.8, 4) is 0 Å². The van der Waals surface area contributed by atoms with E-state index in [9.17, 15) is 19.2 Å². The molecule has 8 heteroatoms. The molecule has 1 atom stereocenters. The highest BCUT2D eigenvalue weighted by molar-refractivity contribution is 5.80. The van der Waals surface area contributed by atoms with Crippen LogP contribution in [-0.2, 0) is 16.0 Å². The number of H-pyrrole nitrogens is 2. The van der Waals surface area contributed by atoms with E-state index in [4.69, 9.17) is 0 Å². The van der Waals surface area contributed by atoms with Gasteiger partial charge >= 0.3 is 5.69 Å². The molecule has 1 aliphatic rings. The van der Waals surface area contributed by atoms with Crippen LogP contribution in [0.25, 0.3) is 0 Å². The van der Waals surface area contributed by atoms with Crippen LogP contribution in [0.3, 0.4) is 0 Å². The number of amides is 2. The molecule has 1 saturated heterocycles. The summed E-state index contributed by atoms with van der Waals surface area (Å²) in [6.45, 7) is 6.53. The highest BCUT2D eigenvalue weighted by atomic mass is 16.2. The summed E-state index contributed by atoms with van der Waals surface area (Å²) in [5.74, 6) is -0.114. The van der Waals surface area contributed by atoms with Crippen LogP contribution in [-0.4, -0.2) is 45.8 Å². The van der Waals surface area contributed by atoms with Crippen LogP contribution >= 0.6 is 0 Å². The van der Waals surface area contributed by atoms with E-state index in [1.807, 2.05) is 13.8 Å². The molecule has 1 fully saturated rings. The van der Waals surface area contributed by atoms with Crippen molar-refractivity contribution in [1.29, 1.82) is 0 Å². The summed E-state index contributed by atoms with van der Waals surface area (Å²) in [5.41, 5.74) is -0.511. The predicted octanol–water partition coefficient (Wildman–Crippen LogP) is -0.713. The van der Waals surface area contributed by atoms with Gasteiger partial charge in [-0.1, -0.05) is 0 Å². The Morgan fingerprint density at radius 3 is 2.57 bits per heavy atom. The van der Waals surface area contributed by atoms with Gasteiger partial charge in [-0.3, -0.25) is 19.4 Å². The molecule has 2 amide bonds. The van der Waals surface area contributed by atoms with E-state index in [0.717, 1.165) is 0 Å². The Morgan fingerprint density at radius 1 is 1.30 bits per heavy atom. The van der Waals surface area contributed by atoms with Gasteiger partial charge in [0.1, 0.15) is 0 Å². The molecule has 1 aromatic rings. The minimum absolute atomic E-state index is 0.0869. The fraction of sp³-hybridized carbons (Fsp3) is 0.600. The summed E-state index contributed by atoms with van der Waals surface area (Å²) >= 11 is 0. The number of rotatable bonds is 5. The van der Waals surface area contributed by atoms with E-state index in [-0.39, 0.29) is 35.8 Å². The van der Waals surface area contributed by atoms with Crippen molar-refractivity contribution in [1.82, 2.24) is 20.2 Å². The molecule has 0 aliphatic carbocycles. The molecule has 1 aromatic heterocycles. The minimum atomic E-state index is -0.588. The van der Waals surface area contributed by atoms with Gasteiger partial charge in [-0.15, -0.1) is 0 Å². The van der Waals surface area contributed by atoms with E-state index in [0.29, 0.717) is 25.2 Å². The van der Waals surface area contributed by atoms with Crippen LogP contribution in [0.4, 0.5) is 0 Å². The Balaban J connectivity index is 1.91. The average Bonchev–Trinajstić information content (AvgIpc) is 2.82. The van der Waals surface area contributed by atoms with Crippen molar-refractivity contribution >= 4 is 11.8 Å². The summed E-state index contributed by atoms with van der Waals surface area (Å²) in [6.07, 6.45) is 0.323. The second-order valence-corrected chi connectivity index (χ2v) is 6.20. The molecular weight excluding hydrogens is 300 g/mol. The molecule has 0 bridgehead atoms. The summed E-state index contributed by atoms with van der Waals surface area (Å²) < 4.78 is 0. The number of aromatic amines is 2. The quantitative estimate of drug-likeness (QED) is 0.664. The van der Waals surface area contributed by atoms with E-state index >= 15 is 0 Å². The van der Waals surface area contributed by atoms with E-state index in [1.165, 1.54) is 0 Å². The number of aromatic nitrogens is 2. The number of nitrogens with zero attached hydrogens (tertiary/aromatic N) is 1. The molecule has 2 heterocycles. The second-order valence-electron chi connectivity index (χ2n) is 6.20. The molecule has 23 heavy (non-hydrogen) atoms. The van der Waals surface area contributed by atoms with Gasteiger partial charge in [0.25, 0.3) is 5.56 Å². The highest BCUT2D eigenvalue weighted by Crippen LogP contribution is 2.19. The minimum Gasteiger partial charge on any atom is -0.355 e. The lowest BCUT2D eigenvalue weighted by atomic mass is 10.1. The van der Waals surface area contributed by atoms with E-state index in [2.05, 4.69) is 15.3 Å². The van der Waals surface area contributed by atoms with Gasteiger partial charge in [-0.2, -0.15) is 0 Å². The van der Waals surface area contributed by atoms with Gasteiger partial charge in [0.15, 0.2) is 0 Å². The number of hydrogen-bond donors (Lipinski definition) is 3. The smallest absolute Gasteiger partial charge is 0.325 e. The number of hydrogen-bond acceptors (Lipinski definition) is 4. The van der Waals surface area contributed by atoms with Crippen LogP contribution in [0, 0.1) is 12.8 Å². The van der Waals surface area contributed by atoms with Crippen LogP contribution in [0.2, 0.25) is 0 Å². The Bertz CT molecular complexity index is 719. The fourth-order valence-corrected chi connectivity index (χ4v) is 2.76. The van der Waals surface area contributed by atoms with Crippen LogP contribution in [0.15, 0.2) is 9.59 Å². The molecule has 2 rings (SSSR count). The van der Waals surface area contributed by atoms with E-state index in [1.54, 1.807) is 11.8 Å². The summed E-state index contributed by atoms with van der Waals surface area (Å²) in [4.78, 5) is 53.0. The second kappa shape index (κ2) is 6.80. The summed E-state index contributed by atoms with van der Waals surface area (Å²) in [5, 5.41) is 2.76. The zero-order chi connectivity index (χ0) is 17.1. The monoisotopic (exact) mass is 322 g/mol. The topological polar surface area (TPSA) is 115 Å². The largest absolute Gasteiger partial charge is 0.355 e. The van der Waals surface area contributed by atoms with Crippen LogP contribution < -0.4 is 16.6 Å². The SMILES string of the molecule is Cc1[nH]c(=O)[nH]c(=O)c1CC(=O)NCC1CC(=O)N(C(C)C)C1. The molecule has 0 spiro atoms. The van der Waals surface area contributed by atoms with Gasteiger partial charge < -0.3 is 15.2 Å². The number of carbonyl (C=O) groups excluding carboxylic acids is 2. The third-order valence-electron chi connectivity index (χ3n) is 4.04.